The molecule has 0 bridgehead atoms. The second-order valence-corrected chi connectivity index (χ2v) is 2.44. The summed E-state index contributed by atoms with van der Waals surface area (Å²) >= 11 is 0. The van der Waals surface area contributed by atoms with Crippen LogP contribution in [0.1, 0.15) is 6.42 Å². The molecule has 96 valence electrons. The standard InChI is InChI=1S/C6H6O6.C2H4O3/c7-4(8)1-3(6(11)12)2-5(9)10;3-1-2(4)5/h1H,2H2,(H,7,8)(H,9,10)(H,11,12);3H,1H2,(H,4,5). The maximum absolute atomic E-state index is 10.2. The first-order valence-corrected chi connectivity index (χ1v) is 3.92. The van der Waals surface area contributed by atoms with Crippen molar-refractivity contribution in [1.29, 1.82) is 0 Å². The molecule has 0 fully saturated rings. The van der Waals surface area contributed by atoms with Gasteiger partial charge in [-0.1, -0.05) is 0 Å². The third-order valence-electron chi connectivity index (χ3n) is 1.05. The normalized spacial score (nSPS) is 9.82. The first-order valence-electron chi connectivity index (χ1n) is 3.92. The van der Waals surface area contributed by atoms with Gasteiger partial charge >= 0.3 is 23.9 Å². The maximum atomic E-state index is 10.2. The largest absolute Gasteiger partial charge is 0.481 e. The van der Waals surface area contributed by atoms with Gasteiger partial charge in [0.05, 0.1) is 12.0 Å². The Morgan fingerprint density at radius 2 is 1.29 bits per heavy atom. The summed E-state index contributed by atoms with van der Waals surface area (Å²) in [6.07, 6.45) is -0.446. The average Bonchev–Trinajstić information content (AvgIpc) is 2.16. The van der Waals surface area contributed by atoms with E-state index < -0.39 is 42.5 Å². The van der Waals surface area contributed by atoms with Gasteiger partial charge in [0, 0.05) is 6.08 Å². The van der Waals surface area contributed by atoms with Crippen molar-refractivity contribution < 1.29 is 44.7 Å². The van der Waals surface area contributed by atoms with Gasteiger partial charge in [-0.05, 0) is 0 Å². The lowest BCUT2D eigenvalue weighted by molar-refractivity contribution is -0.140. The highest BCUT2D eigenvalue weighted by Gasteiger charge is 2.12. The van der Waals surface area contributed by atoms with Gasteiger partial charge in [-0.2, -0.15) is 0 Å². The van der Waals surface area contributed by atoms with Gasteiger partial charge in [0.2, 0.25) is 0 Å². The van der Waals surface area contributed by atoms with Crippen LogP contribution in [0, 0.1) is 0 Å². The molecule has 0 aromatic heterocycles. The molecule has 0 aromatic carbocycles. The topological polar surface area (TPSA) is 169 Å². The fourth-order valence-corrected chi connectivity index (χ4v) is 0.500. The summed E-state index contributed by atoms with van der Waals surface area (Å²) < 4.78 is 0. The van der Waals surface area contributed by atoms with Gasteiger partial charge in [-0.15, -0.1) is 0 Å². The fraction of sp³-hybridized carbons (Fsp3) is 0.250. The Labute approximate surface area is 94.2 Å². The van der Waals surface area contributed by atoms with E-state index in [1.54, 1.807) is 0 Å². The van der Waals surface area contributed by atoms with Crippen molar-refractivity contribution in [2.45, 2.75) is 6.42 Å². The summed E-state index contributed by atoms with van der Waals surface area (Å²) in [6.45, 7) is -0.778. The van der Waals surface area contributed by atoms with E-state index in [0.29, 0.717) is 6.08 Å². The van der Waals surface area contributed by atoms with Crippen LogP contribution in [0.2, 0.25) is 0 Å². The van der Waals surface area contributed by atoms with Gasteiger partial charge in [0.1, 0.15) is 6.61 Å². The molecule has 0 radical (unpaired) electrons. The molecule has 17 heavy (non-hydrogen) atoms. The van der Waals surface area contributed by atoms with Crippen molar-refractivity contribution in [2.75, 3.05) is 6.61 Å². The molecule has 0 unspecified atom stereocenters. The van der Waals surface area contributed by atoms with Crippen molar-refractivity contribution in [3.05, 3.63) is 11.6 Å². The number of carboxylic acid groups (broad SMARTS) is 4. The molecule has 0 atom stereocenters. The number of carbonyl (C=O) groups is 4. The zero-order chi connectivity index (χ0) is 14.0. The third kappa shape index (κ3) is 13.6. The summed E-state index contributed by atoms with van der Waals surface area (Å²) in [6, 6.07) is 0. The minimum Gasteiger partial charge on any atom is -0.481 e. The number of rotatable bonds is 5. The number of hydrogen-bond acceptors (Lipinski definition) is 5. The molecular weight excluding hydrogens is 240 g/mol. The number of aliphatic carboxylic acids is 4. The van der Waals surface area contributed by atoms with Crippen LogP contribution >= 0.6 is 0 Å². The van der Waals surface area contributed by atoms with Crippen LogP contribution in [0.25, 0.3) is 0 Å². The van der Waals surface area contributed by atoms with Gasteiger partial charge in [-0.3, -0.25) is 4.79 Å². The lowest BCUT2D eigenvalue weighted by atomic mass is 10.2. The first-order chi connectivity index (χ1) is 7.70. The van der Waals surface area contributed by atoms with Crippen LogP contribution in [0.3, 0.4) is 0 Å². The minimum atomic E-state index is -1.54. The van der Waals surface area contributed by atoms with E-state index in [2.05, 4.69) is 0 Å². The maximum Gasteiger partial charge on any atom is 0.332 e. The first kappa shape index (κ1) is 17.0. The Morgan fingerprint density at radius 3 is 1.47 bits per heavy atom. The molecule has 0 aliphatic carbocycles. The number of carboxylic acids is 4. The highest BCUT2D eigenvalue weighted by Crippen LogP contribution is 2.00. The van der Waals surface area contributed by atoms with E-state index >= 15 is 0 Å². The van der Waals surface area contributed by atoms with Gasteiger partial charge in [-0.25, -0.2) is 14.4 Å². The van der Waals surface area contributed by atoms with Crippen LogP contribution in [0.5, 0.6) is 0 Å². The monoisotopic (exact) mass is 250 g/mol. The molecule has 0 amide bonds. The summed E-state index contributed by atoms with van der Waals surface area (Å²) in [4.78, 5) is 39.3. The van der Waals surface area contributed by atoms with E-state index in [-0.39, 0.29) is 0 Å². The highest BCUT2D eigenvalue weighted by molar-refractivity contribution is 5.98. The zero-order valence-corrected chi connectivity index (χ0v) is 8.36. The van der Waals surface area contributed by atoms with Crippen molar-refractivity contribution in [3.8, 4) is 0 Å². The zero-order valence-electron chi connectivity index (χ0n) is 8.36. The Morgan fingerprint density at radius 1 is 0.882 bits per heavy atom. The summed E-state index contributed by atoms with van der Waals surface area (Å²) in [7, 11) is 0. The second kappa shape index (κ2) is 8.85. The summed E-state index contributed by atoms with van der Waals surface area (Å²) in [5.74, 6) is -5.59. The van der Waals surface area contributed by atoms with Crippen molar-refractivity contribution in [3.63, 3.8) is 0 Å². The molecule has 0 saturated carbocycles. The minimum absolute atomic E-state index is 0.358. The third-order valence-corrected chi connectivity index (χ3v) is 1.05. The van der Waals surface area contributed by atoms with Gasteiger partial charge in [0.25, 0.3) is 0 Å². The van der Waals surface area contributed by atoms with Crippen molar-refractivity contribution in [2.24, 2.45) is 0 Å². The Balaban J connectivity index is 0. The predicted octanol–water partition coefficient (Wildman–Crippen LogP) is -1.38. The quantitative estimate of drug-likeness (QED) is 0.369. The van der Waals surface area contributed by atoms with E-state index in [4.69, 9.17) is 30.3 Å². The van der Waals surface area contributed by atoms with E-state index in [9.17, 15) is 14.4 Å². The Kier molecular flexibility index (Phi) is 8.85. The molecular formula is C8H10O9. The van der Waals surface area contributed by atoms with Crippen molar-refractivity contribution in [1.82, 2.24) is 0 Å². The highest BCUT2D eigenvalue weighted by atomic mass is 16.4. The van der Waals surface area contributed by atoms with Crippen LogP contribution in [0.4, 0.5) is 0 Å². The molecule has 0 saturated heterocycles. The average molecular weight is 250 g/mol. The number of aliphatic hydroxyl groups excluding tert-OH is 1. The Bertz CT molecular complexity index is 341. The van der Waals surface area contributed by atoms with Crippen LogP contribution in [-0.2, 0) is 19.2 Å². The lowest BCUT2D eigenvalue weighted by Crippen LogP contribution is -2.08. The van der Waals surface area contributed by atoms with E-state index in [1.165, 1.54) is 0 Å². The second-order valence-electron chi connectivity index (χ2n) is 2.44. The molecule has 5 N–H and O–H groups in total. The molecule has 0 aliphatic rings. The predicted molar refractivity (Wildman–Crippen MR) is 50.3 cm³/mol. The SMILES string of the molecule is O=C(O)C=C(CC(=O)O)C(=O)O.O=C(O)CO. The van der Waals surface area contributed by atoms with Crippen molar-refractivity contribution >= 4 is 23.9 Å². The Hall–Kier alpha value is -2.42. The molecule has 0 rings (SSSR count). The van der Waals surface area contributed by atoms with Crippen LogP contribution < -0.4 is 0 Å². The molecule has 9 nitrogen and oxygen atoms in total. The number of hydrogen-bond donors (Lipinski definition) is 5. The number of aliphatic hydroxyl groups is 1. The van der Waals surface area contributed by atoms with Crippen LogP contribution in [0.15, 0.2) is 11.6 Å². The fourth-order valence-electron chi connectivity index (χ4n) is 0.500. The van der Waals surface area contributed by atoms with Gasteiger partial charge in [0.15, 0.2) is 0 Å². The molecule has 9 heteroatoms. The van der Waals surface area contributed by atoms with E-state index in [0.717, 1.165) is 0 Å². The lowest BCUT2D eigenvalue weighted by Gasteiger charge is -1.94. The summed E-state index contributed by atoms with van der Waals surface area (Å²) in [5, 5.41) is 39.6. The van der Waals surface area contributed by atoms with Gasteiger partial charge < -0.3 is 25.5 Å². The molecule has 0 heterocycles. The summed E-state index contributed by atoms with van der Waals surface area (Å²) in [5.41, 5.74) is -0.657. The van der Waals surface area contributed by atoms with Crippen LogP contribution in [-0.4, -0.2) is 56.0 Å². The van der Waals surface area contributed by atoms with E-state index in [1.807, 2.05) is 0 Å². The molecule has 0 spiro atoms. The molecule has 0 aromatic rings. The molecule has 0 aliphatic heterocycles. The smallest absolute Gasteiger partial charge is 0.332 e.